The van der Waals surface area contributed by atoms with Gasteiger partial charge >= 0.3 is 28.0 Å². The Kier molecular flexibility index (Phi) is 7.83. The number of aromatic nitrogens is 2. The van der Waals surface area contributed by atoms with Crippen molar-refractivity contribution in [3.8, 4) is 5.69 Å². The second kappa shape index (κ2) is 9.79. The molecule has 0 aliphatic carbocycles. The SMILES string of the molecule is C[C@H](OC(=O)c1cc(-n2c(=O)cc(C(F)(F)F)n(C)c2=O)c(F)cc1Cl)C(=O)NS(=O)(=O)N(C)C. The van der Waals surface area contributed by atoms with Gasteiger partial charge in [-0.15, -0.1) is 0 Å². The highest BCUT2D eigenvalue weighted by molar-refractivity contribution is 7.87. The van der Waals surface area contributed by atoms with Crippen LogP contribution >= 0.6 is 11.6 Å². The zero-order valence-electron chi connectivity index (χ0n) is 18.3. The van der Waals surface area contributed by atoms with Crippen LogP contribution in [0.15, 0.2) is 27.8 Å². The Labute approximate surface area is 199 Å². The summed E-state index contributed by atoms with van der Waals surface area (Å²) in [5.41, 5.74) is -6.32. The van der Waals surface area contributed by atoms with E-state index < -0.39 is 73.4 Å². The Morgan fingerprint density at radius 1 is 1.17 bits per heavy atom. The Bertz CT molecular complexity index is 1420. The van der Waals surface area contributed by atoms with Gasteiger partial charge in [0.05, 0.1) is 16.3 Å². The summed E-state index contributed by atoms with van der Waals surface area (Å²) in [6, 6.07) is 1.13. The van der Waals surface area contributed by atoms with E-state index >= 15 is 0 Å². The summed E-state index contributed by atoms with van der Waals surface area (Å²) in [5.74, 6) is -3.98. The number of alkyl halides is 3. The van der Waals surface area contributed by atoms with Crippen molar-refractivity contribution in [3.63, 3.8) is 0 Å². The molecule has 0 saturated heterocycles. The van der Waals surface area contributed by atoms with E-state index in [1.54, 1.807) is 4.72 Å². The third-order valence-electron chi connectivity index (χ3n) is 4.47. The summed E-state index contributed by atoms with van der Waals surface area (Å²) >= 11 is 5.83. The quantitative estimate of drug-likeness (QED) is 0.420. The van der Waals surface area contributed by atoms with E-state index in [1.807, 2.05) is 0 Å². The second-order valence-corrected chi connectivity index (χ2v) is 9.42. The minimum Gasteiger partial charge on any atom is -0.449 e. The molecule has 1 amide bonds. The lowest BCUT2D eigenvalue weighted by molar-refractivity contribution is -0.144. The molecule has 35 heavy (non-hydrogen) atoms. The van der Waals surface area contributed by atoms with Crippen LogP contribution in [-0.4, -0.2) is 53.9 Å². The van der Waals surface area contributed by atoms with Crippen LogP contribution in [0.4, 0.5) is 17.6 Å². The first-order chi connectivity index (χ1) is 15.9. The molecule has 0 aliphatic rings. The number of carbonyl (C=O) groups excluding carboxylic acids is 2. The Balaban J connectivity index is 2.50. The van der Waals surface area contributed by atoms with Crippen molar-refractivity contribution in [2.24, 2.45) is 7.05 Å². The maximum atomic E-state index is 14.6. The predicted molar refractivity (Wildman–Crippen MR) is 113 cm³/mol. The molecule has 2 rings (SSSR count). The largest absolute Gasteiger partial charge is 0.449 e. The minimum atomic E-state index is -5.06. The van der Waals surface area contributed by atoms with E-state index in [4.69, 9.17) is 16.3 Å². The molecule has 2 aromatic rings. The molecule has 1 heterocycles. The molecule has 1 atom stereocenters. The fourth-order valence-corrected chi connectivity index (χ4v) is 3.39. The molecule has 0 radical (unpaired) electrons. The number of ether oxygens (including phenoxy) is 1. The van der Waals surface area contributed by atoms with Crippen LogP contribution < -0.4 is 16.0 Å². The van der Waals surface area contributed by atoms with Gasteiger partial charge in [0.25, 0.3) is 11.5 Å². The third-order valence-corrected chi connectivity index (χ3v) is 6.20. The summed E-state index contributed by atoms with van der Waals surface area (Å²) < 4.78 is 84.4. The van der Waals surface area contributed by atoms with Crippen molar-refractivity contribution in [1.29, 1.82) is 0 Å². The van der Waals surface area contributed by atoms with Gasteiger partial charge in [-0.25, -0.2) is 23.3 Å². The first kappa shape index (κ1) is 28.0. The molecular weight excluding hydrogens is 528 g/mol. The van der Waals surface area contributed by atoms with Crippen molar-refractivity contribution in [2.75, 3.05) is 14.1 Å². The molecule has 0 unspecified atom stereocenters. The highest BCUT2D eigenvalue weighted by atomic mass is 35.5. The van der Waals surface area contributed by atoms with Crippen LogP contribution in [0.5, 0.6) is 0 Å². The first-order valence-corrected chi connectivity index (χ1v) is 11.0. The van der Waals surface area contributed by atoms with Crippen LogP contribution in [-0.2, 0) is 33.0 Å². The fraction of sp³-hybridized carbons (Fsp3) is 0.333. The molecule has 0 aliphatic heterocycles. The average Bonchev–Trinajstić information content (AvgIpc) is 2.70. The number of benzene rings is 1. The van der Waals surface area contributed by atoms with Gasteiger partial charge < -0.3 is 4.74 Å². The Morgan fingerprint density at radius 2 is 1.74 bits per heavy atom. The van der Waals surface area contributed by atoms with Gasteiger partial charge in [-0.05, 0) is 19.1 Å². The number of nitrogens with zero attached hydrogens (tertiary/aromatic N) is 3. The zero-order valence-corrected chi connectivity index (χ0v) is 19.9. The smallest absolute Gasteiger partial charge is 0.431 e. The van der Waals surface area contributed by atoms with Gasteiger partial charge in [0.15, 0.2) is 6.10 Å². The molecule has 1 aromatic heterocycles. The summed E-state index contributed by atoms with van der Waals surface area (Å²) in [4.78, 5) is 49.2. The van der Waals surface area contributed by atoms with Crippen molar-refractivity contribution in [2.45, 2.75) is 19.2 Å². The first-order valence-electron chi connectivity index (χ1n) is 9.23. The third kappa shape index (κ3) is 5.88. The highest BCUT2D eigenvalue weighted by Crippen LogP contribution is 2.28. The maximum Gasteiger partial charge on any atom is 0.431 e. The lowest BCUT2D eigenvalue weighted by Gasteiger charge is -2.17. The fourth-order valence-electron chi connectivity index (χ4n) is 2.56. The number of hydrogen-bond donors (Lipinski definition) is 1. The molecule has 17 heteroatoms. The minimum absolute atomic E-state index is 0.0392. The molecule has 11 nitrogen and oxygen atoms in total. The predicted octanol–water partition coefficient (Wildman–Crippen LogP) is 0.815. The monoisotopic (exact) mass is 544 g/mol. The summed E-state index contributed by atoms with van der Waals surface area (Å²) in [5, 5.41) is -0.596. The summed E-state index contributed by atoms with van der Waals surface area (Å²) in [7, 11) is -1.27. The Hall–Kier alpha value is -3.24. The van der Waals surface area contributed by atoms with E-state index in [9.17, 15) is 45.2 Å². The van der Waals surface area contributed by atoms with Crippen molar-refractivity contribution < 1.29 is 40.3 Å². The van der Waals surface area contributed by atoms with E-state index in [-0.39, 0.29) is 15.2 Å². The standard InChI is InChI=1S/C18H17ClF4N4O7S/c1-8(15(29)24-35(32,33)25(2)3)34-16(30)9-5-12(11(20)6-10(9)19)27-14(28)7-13(18(21,22)23)26(4)17(27)31/h5-8H,1-4H3,(H,24,29)/t8-/m0/s1. The van der Waals surface area contributed by atoms with Gasteiger partial charge in [0.1, 0.15) is 11.5 Å². The lowest BCUT2D eigenvalue weighted by atomic mass is 10.2. The highest BCUT2D eigenvalue weighted by Gasteiger charge is 2.35. The summed E-state index contributed by atoms with van der Waals surface area (Å²) in [6.45, 7) is 1.01. The van der Waals surface area contributed by atoms with Gasteiger partial charge in [0.2, 0.25) is 0 Å². The van der Waals surface area contributed by atoms with Crippen molar-refractivity contribution >= 4 is 33.7 Å². The molecule has 0 fully saturated rings. The second-order valence-electron chi connectivity index (χ2n) is 7.13. The topological polar surface area (TPSA) is 137 Å². The average molecular weight is 545 g/mol. The van der Waals surface area contributed by atoms with E-state index in [1.165, 1.54) is 0 Å². The molecule has 192 valence electrons. The number of nitrogens with one attached hydrogen (secondary N) is 1. The van der Waals surface area contributed by atoms with Crippen molar-refractivity contribution in [1.82, 2.24) is 18.2 Å². The summed E-state index contributed by atoms with van der Waals surface area (Å²) in [6.07, 6.45) is -6.76. The number of rotatable bonds is 6. The van der Waals surface area contributed by atoms with Gasteiger partial charge in [-0.1, -0.05) is 11.6 Å². The molecule has 0 bridgehead atoms. The number of carbonyl (C=O) groups is 2. The van der Waals surface area contributed by atoms with Crippen LogP contribution in [0.2, 0.25) is 5.02 Å². The van der Waals surface area contributed by atoms with Crippen LogP contribution in [0.1, 0.15) is 23.0 Å². The molecular formula is C18H17ClF4N4O7S. The van der Waals surface area contributed by atoms with Crippen LogP contribution in [0.25, 0.3) is 5.69 Å². The Morgan fingerprint density at radius 3 is 2.26 bits per heavy atom. The van der Waals surface area contributed by atoms with E-state index in [0.29, 0.717) is 23.5 Å². The van der Waals surface area contributed by atoms with Crippen LogP contribution in [0.3, 0.4) is 0 Å². The number of hydrogen-bond acceptors (Lipinski definition) is 7. The van der Waals surface area contributed by atoms with Crippen LogP contribution in [0, 0.1) is 5.82 Å². The van der Waals surface area contributed by atoms with Gasteiger partial charge in [-0.3, -0.25) is 14.2 Å². The van der Waals surface area contributed by atoms with E-state index in [2.05, 4.69) is 0 Å². The van der Waals surface area contributed by atoms with Gasteiger partial charge in [-0.2, -0.15) is 25.9 Å². The number of halogens is 5. The maximum absolute atomic E-state index is 14.6. The van der Waals surface area contributed by atoms with Gasteiger partial charge in [0, 0.05) is 27.2 Å². The lowest BCUT2D eigenvalue weighted by Crippen LogP contribution is -2.44. The molecule has 1 aromatic carbocycles. The number of esters is 1. The molecule has 0 saturated carbocycles. The molecule has 1 N–H and O–H groups in total. The van der Waals surface area contributed by atoms with E-state index in [0.717, 1.165) is 21.0 Å². The number of amides is 1. The molecule has 0 spiro atoms. The zero-order chi connectivity index (χ0) is 27.0. The van der Waals surface area contributed by atoms with Crippen molar-refractivity contribution in [3.05, 3.63) is 61.1 Å². The normalized spacial score (nSPS) is 13.0.